The molecule has 1 N–H and O–H groups in total. The van der Waals surface area contributed by atoms with Crippen LogP contribution in [0, 0.1) is 5.92 Å². The number of piperidine rings is 1. The highest BCUT2D eigenvalue weighted by Gasteiger charge is 2.32. The van der Waals surface area contributed by atoms with Crippen LogP contribution in [0.3, 0.4) is 0 Å². The fraction of sp³-hybridized carbons (Fsp3) is 0.708. The van der Waals surface area contributed by atoms with E-state index < -0.39 is 5.60 Å². The van der Waals surface area contributed by atoms with E-state index in [9.17, 15) is 4.79 Å². The lowest BCUT2D eigenvalue weighted by Gasteiger charge is -2.30. The van der Waals surface area contributed by atoms with Crippen LogP contribution in [-0.2, 0) is 9.53 Å². The van der Waals surface area contributed by atoms with Crippen LogP contribution in [0.5, 0.6) is 5.75 Å². The van der Waals surface area contributed by atoms with Gasteiger partial charge in [-0.3, -0.25) is 4.79 Å². The molecule has 1 saturated heterocycles. The molecule has 0 bridgehead atoms. The van der Waals surface area contributed by atoms with E-state index in [0.29, 0.717) is 0 Å². The topological polar surface area (TPSA) is 50.8 Å². The Bertz CT molecular complexity index is 597. The summed E-state index contributed by atoms with van der Waals surface area (Å²) in [7, 11) is 1.60. The number of nitrogens with zero attached hydrogens (tertiary/aromatic N) is 1. The lowest BCUT2D eigenvalue weighted by atomic mass is 9.97. The highest BCUT2D eigenvalue weighted by Crippen LogP contribution is 2.23. The van der Waals surface area contributed by atoms with Gasteiger partial charge in [0.1, 0.15) is 11.4 Å². The Morgan fingerprint density at radius 2 is 1.86 bits per heavy atom. The van der Waals surface area contributed by atoms with Gasteiger partial charge in [-0.05, 0) is 75.9 Å². The molecule has 1 atom stereocenters. The molecule has 1 fully saturated rings. The van der Waals surface area contributed by atoms with Crippen molar-refractivity contribution in [2.45, 2.75) is 71.3 Å². The molecule has 1 aromatic rings. The van der Waals surface area contributed by atoms with Gasteiger partial charge in [0.2, 0.25) is 0 Å². The third kappa shape index (κ3) is 7.98. The van der Waals surface area contributed by atoms with Gasteiger partial charge >= 0.3 is 0 Å². The van der Waals surface area contributed by atoms with Crippen molar-refractivity contribution in [1.29, 1.82) is 0 Å². The van der Waals surface area contributed by atoms with E-state index in [-0.39, 0.29) is 5.91 Å². The number of carbonyl (C=O) groups excluding carboxylic acids is 1. The van der Waals surface area contributed by atoms with E-state index in [1.54, 1.807) is 7.11 Å². The molecule has 1 aromatic carbocycles. The molecule has 0 saturated carbocycles. The summed E-state index contributed by atoms with van der Waals surface area (Å²) in [5.74, 6) is 1.62. The van der Waals surface area contributed by atoms with Gasteiger partial charge in [0, 0.05) is 19.3 Å². The third-order valence-electron chi connectivity index (χ3n) is 6.06. The van der Waals surface area contributed by atoms with Gasteiger partial charge in [-0.15, -0.1) is 0 Å². The van der Waals surface area contributed by atoms with Crippen LogP contribution in [-0.4, -0.2) is 49.8 Å². The molecular formula is C24H40N2O3. The van der Waals surface area contributed by atoms with Crippen LogP contribution >= 0.6 is 0 Å². The van der Waals surface area contributed by atoms with E-state index in [0.717, 1.165) is 62.6 Å². The molecule has 0 aliphatic carbocycles. The van der Waals surface area contributed by atoms with Crippen molar-refractivity contribution in [2.75, 3.05) is 38.7 Å². The molecule has 0 aromatic heterocycles. The molecule has 1 heterocycles. The summed E-state index contributed by atoms with van der Waals surface area (Å²) in [6.07, 6.45) is 7.60. The summed E-state index contributed by atoms with van der Waals surface area (Å²) in [4.78, 5) is 15.2. The molecule has 1 aliphatic rings. The van der Waals surface area contributed by atoms with Gasteiger partial charge in [0.05, 0.1) is 6.61 Å². The molecule has 29 heavy (non-hydrogen) atoms. The second-order valence-electron chi connectivity index (χ2n) is 8.60. The number of methoxy groups -OCH3 is 1. The van der Waals surface area contributed by atoms with Crippen molar-refractivity contribution in [2.24, 2.45) is 5.92 Å². The second kappa shape index (κ2) is 12.2. The zero-order chi connectivity index (χ0) is 21.1. The molecule has 5 heteroatoms. The Morgan fingerprint density at radius 3 is 2.48 bits per heavy atom. The first-order valence-electron chi connectivity index (χ1n) is 11.3. The summed E-state index contributed by atoms with van der Waals surface area (Å²) >= 11 is 0. The van der Waals surface area contributed by atoms with Crippen molar-refractivity contribution in [3.63, 3.8) is 0 Å². The van der Waals surface area contributed by atoms with Crippen molar-refractivity contribution >= 4 is 11.6 Å². The number of unbranched alkanes of at least 4 members (excludes halogenated alkanes) is 2. The average Bonchev–Trinajstić information content (AvgIpc) is 2.73. The Balaban J connectivity index is 1.72. The van der Waals surface area contributed by atoms with E-state index in [2.05, 4.69) is 24.1 Å². The van der Waals surface area contributed by atoms with Gasteiger partial charge in [-0.1, -0.05) is 33.1 Å². The summed E-state index contributed by atoms with van der Waals surface area (Å²) < 4.78 is 11.4. The van der Waals surface area contributed by atoms with Gasteiger partial charge in [0.15, 0.2) is 0 Å². The number of anilines is 1. The molecule has 5 nitrogen and oxygen atoms in total. The molecular weight excluding hydrogens is 364 g/mol. The molecule has 164 valence electrons. The number of rotatable bonds is 12. The van der Waals surface area contributed by atoms with Gasteiger partial charge < -0.3 is 19.7 Å². The number of benzene rings is 1. The minimum Gasteiger partial charge on any atom is -0.494 e. The van der Waals surface area contributed by atoms with E-state index in [1.807, 2.05) is 31.2 Å². The minimum absolute atomic E-state index is 0.0966. The summed E-state index contributed by atoms with van der Waals surface area (Å²) in [6.45, 7) is 10.6. The number of ether oxygens (including phenoxy) is 2. The standard InChI is InChI=1S/C24H40N2O3/c1-5-6-7-15-24(3,28-4)23(27)25-21-9-11-22(12-10-21)29-19-8-16-26-17-13-20(2)14-18-26/h9-12,20H,5-8,13-19H2,1-4H3,(H,25,27)/t24-/m1/s1. The number of amides is 1. The fourth-order valence-electron chi connectivity index (χ4n) is 3.68. The predicted octanol–water partition coefficient (Wildman–Crippen LogP) is 5.11. The molecule has 1 aliphatic heterocycles. The number of carbonyl (C=O) groups is 1. The maximum Gasteiger partial charge on any atom is 0.256 e. The van der Waals surface area contributed by atoms with Crippen LogP contribution in [0.2, 0.25) is 0 Å². The first-order valence-corrected chi connectivity index (χ1v) is 11.3. The first kappa shape index (κ1) is 23.7. The van der Waals surface area contributed by atoms with Crippen LogP contribution in [0.1, 0.15) is 65.7 Å². The monoisotopic (exact) mass is 404 g/mol. The first-order chi connectivity index (χ1) is 14.0. The second-order valence-corrected chi connectivity index (χ2v) is 8.60. The third-order valence-corrected chi connectivity index (χ3v) is 6.06. The van der Waals surface area contributed by atoms with E-state index >= 15 is 0 Å². The minimum atomic E-state index is -0.795. The normalized spacial score (nSPS) is 17.7. The van der Waals surface area contributed by atoms with E-state index in [1.165, 1.54) is 25.9 Å². The zero-order valence-corrected chi connectivity index (χ0v) is 18.8. The maximum atomic E-state index is 12.7. The largest absolute Gasteiger partial charge is 0.494 e. The number of hydrogen-bond donors (Lipinski definition) is 1. The van der Waals surface area contributed by atoms with Crippen molar-refractivity contribution in [3.05, 3.63) is 24.3 Å². The highest BCUT2D eigenvalue weighted by atomic mass is 16.5. The van der Waals surface area contributed by atoms with Gasteiger partial charge in [-0.2, -0.15) is 0 Å². The van der Waals surface area contributed by atoms with Crippen LogP contribution < -0.4 is 10.1 Å². The molecule has 1 amide bonds. The summed E-state index contributed by atoms with van der Waals surface area (Å²) in [5, 5.41) is 2.98. The SMILES string of the molecule is CCCCC[C@@](C)(OC)C(=O)Nc1ccc(OCCCN2CCC(C)CC2)cc1. The summed E-state index contributed by atoms with van der Waals surface area (Å²) in [5.41, 5.74) is -0.0279. The highest BCUT2D eigenvalue weighted by molar-refractivity contribution is 5.97. The fourth-order valence-corrected chi connectivity index (χ4v) is 3.68. The van der Waals surface area contributed by atoms with Crippen molar-refractivity contribution in [3.8, 4) is 5.75 Å². The Morgan fingerprint density at radius 1 is 1.17 bits per heavy atom. The van der Waals surface area contributed by atoms with E-state index in [4.69, 9.17) is 9.47 Å². The summed E-state index contributed by atoms with van der Waals surface area (Å²) in [6, 6.07) is 7.61. The smallest absolute Gasteiger partial charge is 0.256 e. The lowest BCUT2D eigenvalue weighted by molar-refractivity contribution is -0.136. The molecule has 0 radical (unpaired) electrons. The molecule has 0 spiro atoms. The van der Waals surface area contributed by atoms with Gasteiger partial charge in [0.25, 0.3) is 5.91 Å². The van der Waals surface area contributed by atoms with Gasteiger partial charge in [-0.25, -0.2) is 0 Å². The van der Waals surface area contributed by atoms with Crippen molar-refractivity contribution in [1.82, 2.24) is 4.90 Å². The Labute approximate surface area is 177 Å². The molecule has 0 unspecified atom stereocenters. The van der Waals surface area contributed by atoms with Crippen LogP contribution in [0.25, 0.3) is 0 Å². The maximum absolute atomic E-state index is 12.7. The number of hydrogen-bond acceptors (Lipinski definition) is 4. The Kier molecular flexibility index (Phi) is 9.95. The van der Waals surface area contributed by atoms with Crippen LogP contribution in [0.15, 0.2) is 24.3 Å². The predicted molar refractivity (Wildman–Crippen MR) is 120 cm³/mol. The Hall–Kier alpha value is -1.59. The van der Waals surface area contributed by atoms with Crippen molar-refractivity contribution < 1.29 is 14.3 Å². The number of nitrogens with one attached hydrogen (secondary N) is 1. The quantitative estimate of drug-likeness (QED) is 0.492. The lowest BCUT2D eigenvalue weighted by Crippen LogP contribution is -2.41. The average molecular weight is 405 g/mol. The zero-order valence-electron chi connectivity index (χ0n) is 18.8. The number of likely N-dealkylation sites (tertiary alicyclic amines) is 1. The molecule has 2 rings (SSSR count). The van der Waals surface area contributed by atoms with Crippen LogP contribution in [0.4, 0.5) is 5.69 Å².